The van der Waals surface area contributed by atoms with E-state index in [0.717, 1.165) is 18.0 Å². The second-order valence-corrected chi connectivity index (χ2v) is 6.38. The third-order valence-corrected chi connectivity index (χ3v) is 5.09. The number of halogens is 1. The number of hydrogen-bond donors (Lipinski definition) is 1. The molecule has 3 atom stereocenters. The minimum absolute atomic E-state index is 0.498. The Kier molecular flexibility index (Phi) is 3.72. The quantitative estimate of drug-likeness (QED) is 0.879. The molecule has 3 rings (SSSR count). The largest absolute Gasteiger partial charge is 0.389 e. The molecule has 1 aromatic rings. The number of hydrogen-bond acceptors (Lipinski definition) is 2. The lowest BCUT2D eigenvalue weighted by atomic mass is 9.91. The summed E-state index contributed by atoms with van der Waals surface area (Å²) in [5.41, 5.74) is 2.05. The number of anilines is 1. The maximum absolute atomic E-state index is 9.66. The van der Waals surface area contributed by atoms with Gasteiger partial charge in [0.2, 0.25) is 0 Å². The van der Waals surface area contributed by atoms with Crippen LogP contribution in [0, 0.1) is 5.92 Å². The van der Waals surface area contributed by atoms with Crippen LogP contribution in [0.4, 0.5) is 5.69 Å². The van der Waals surface area contributed by atoms with E-state index >= 15 is 0 Å². The Bertz CT molecular complexity index is 460. The molecule has 2 fully saturated rings. The predicted octanol–water partition coefficient (Wildman–Crippen LogP) is 4.16. The second-order valence-electron chi connectivity index (χ2n) is 5.98. The number of aliphatic hydroxyl groups is 1. The summed E-state index contributed by atoms with van der Waals surface area (Å²) < 4.78 is 0. The van der Waals surface area contributed by atoms with Gasteiger partial charge in [0, 0.05) is 23.3 Å². The number of fused-ring (bicyclic) bond motifs is 1. The van der Waals surface area contributed by atoms with Gasteiger partial charge in [-0.1, -0.05) is 24.1 Å². The Morgan fingerprint density at radius 1 is 1.26 bits per heavy atom. The van der Waals surface area contributed by atoms with Crippen LogP contribution in [0.1, 0.15) is 50.7 Å². The Labute approximate surface area is 120 Å². The molecule has 3 heteroatoms. The van der Waals surface area contributed by atoms with E-state index in [9.17, 15) is 5.11 Å². The van der Waals surface area contributed by atoms with Gasteiger partial charge in [-0.25, -0.2) is 0 Å². The Morgan fingerprint density at radius 2 is 2.05 bits per heavy atom. The number of rotatable bonds is 2. The summed E-state index contributed by atoms with van der Waals surface area (Å²) in [6.45, 7) is 2.90. The van der Waals surface area contributed by atoms with E-state index in [-0.39, 0.29) is 0 Å². The number of nitrogens with zero attached hydrogens (tertiary/aromatic N) is 1. The summed E-state index contributed by atoms with van der Waals surface area (Å²) in [6.07, 6.45) is 6.26. The lowest BCUT2D eigenvalue weighted by molar-refractivity contribution is 0.199. The number of benzene rings is 1. The highest BCUT2D eigenvalue weighted by molar-refractivity contribution is 6.31. The molecule has 1 aliphatic carbocycles. The van der Waals surface area contributed by atoms with E-state index in [1.54, 1.807) is 6.92 Å². The van der Waals surface area contributed by atoms with Crippen molar-refractivity contribution in [3.8, 4) is 0 Å². The molecule has 1 aromatic carbocycles. The molecule has 0 aromatic heterocycles. The third kappa shape index (κ3) is 2.48. The molecule has 0 bridgehead atoms. The normalized spacial score (nSPS) is 28.3. The maximum atomic E-state index is 9.66. The molecule has 0 radical (unpaired) electrons. The van der Waals surface area contributed by atoms with Gasteiger partial charge < -0.3 is 10.0 Å². The van der Waals surface area contributed by atoms with Crippen molar-refractivity contribution in [2.75, 3.05) is 11.4 Å². The van der Waals surface area contributed by atoms with Gasteiger partial charge in [-0.05, 0) is 56.2 Å². The Morgan fingerprint density at radius 3 is 2.79 bits per heavy atom. The molecule has 1 saturated carbocycles. The van der Waals surface area contributed by atoms with E-state index in [0.29, 0.717) is 11.1 Å². The van der Waals surface area contributed by atoms with E-state index < -0.39 is 6.10 Å². The lowest BCUT2D eigenvalue weighted by Gasteiger charge is -2.39. The molecule has 1 saturated heterocycles. The summed E-state index contributed by atoms with van der Waals surface area (Å²) in [6, 6.07) is 6.84. The summed E-state index contributed by atoms with van der Waals surface area (Å²) in [5.74, 6) is 0.879. The van der Waals surface area contributed by atoms with E-state index in [1.807, 2.05) is 12.1 Å². The van der Waals surface area contributed by atoms with Crippen LogP contribution in [-0.4, -0.2) is 17.7 Å². The topological polar surface area (TPSA) is 23.5 Å². The van der Waals surface area contributed by atoms with Crippen LogP contribution < -0.4 is 4.90 Å². The van der Waals surface area contributed by atoms with Crippen molar-refractivity contribution in [2.24, 2.45) is 5.92 Å². The highest BCUT2D eigenvalue weighted by atomic mass is 35.5. The van der Waals surface area contributed by atoms with Crippen molar-refractivity contribution >= 4 is 17.3 Å². The van der Waals surface area contributed by atoms with Crippen molar-refractivity contribution < 1.29 is 5.11 Å². The molecule has 104 valence electrons. The average molecular weight is 280 g/mol. The van der Waals surface area contributed by atoms with Gasteiger partial charge >= 0.3 is 0 Å². The van der Waals surface area contributed by atoms with Gasteiger partial charge in [0.05, 0.1) is 6.10 Å². The molecule has 1 heterocycles. The van der Waals surface area contributed by atoms with Crippen LogP contribution in [-0.2, 0) is 0 Å². The molecule has 1 aliphatic heterocycles. The zero-order valence-corrected chi connectivity index (χ0v) is 12.2. The van der Waals surface area contributed by atoms with Crippen LogP contribution in [0.2, 0.25) is 5.02 Å². The Hall–Kier alpha value is -0.730. The van der Waals surface area contributed by atoms with Crippen LogP contribution in [0.25, 0.3) is 0 Å². The fraction of sp³-hybridized carbons (Fsp3) is 0.625. The first-order valence-corrected chi connectivity index (χ1v) is 7.79. The molecular formula is C16H22ClNO. The van der Waals surface area contributed by atoms with Crippen molar-refractivity contribution in [3.05, 3.63) is 28.8 Å². The first-order valence-electron chi connectivity index (χ1n) is 7.41. The van der Waals surface area contributed by atoms with Crippen molar-refractivity contribution in [1.82, 2.24) is 0 Å². The van der Waals surface area contributed by atoms with Crippen LogP contribution in [0.5, 0.6) is 0 Å². The minimum atomic E-state index is -0.498. The van der Waals surface area contributed by atoms with Crippen LogP contribution in [0.3, 0.4) is 0 Å². The first-order chi connectivity index (χ1) is 9.16. The van der Waals surface area contributed by atoms with Gasteiger partial charge in [0.25, 0.3) is 0 Å². The van der Waals surface area contributed by atoms with E-state index in [4.69, 9.17) is 11.6 Å². The molecule has 0 spiro atoms. The fourth-order valence-corrected chi connectivity index (χ4v) is 4.14. The molecule has 2 aliphatic rings. The standard InChI is InChI=1S/C16H22ClNO/c1-11(19)14-8-7-13(10-15(14)17)18-9-3-5-12-4-2-6-16(12)18/h7-8,10-12,16,19H,2-6,9H2,1H3. The molecule has 19 heavy (non-hydrogen) atoms. The van der Waals surface area contributed by atoms with Gasteiger partial charge in [0.15, 0.2) is 0 Å². The molecule has 0 amide bonds. The lowest BCUT2D eigenvalue weighted by Crippen LogP contribution is -2.42. The maximum Gasteiger partial charge on any atom is 0.0776 e. The number of piperidine rings is 1. The van der Waals surface area contributed by atoms with Gasteiger partial charge in [-0.3, -0.25) is 0 Å². The van der Waals surface area contributed by atoms with Gasteiger partial charge in [-0.2, -0.15) is 0 Å². The SMILES string of the molecule is CC(O)c1ccc(N2CCCC3CCCC32)cc1Cl. The van der Waals surface area contributed by atoms with Crippen molar-refractivity contribution in [2.45, 2.75) is 51.2 Å². The zero-order valence-electron chi connectivity index (χ0n) is 11.5. The average Bonchev–Trinajstić information content (AvgIpc) is 2.86. The number of aliphatic hydroxyl groups excluding tert-OH is 1. The van der Waals surface area contributed by atoms with Crippen molar-refractivity contribution in [3.63, 3.8) is 0 Å². The fourth-order valence-electron chi connectivity index (χ4n) is 3.81. The van der Waals surface area contributed by atoms with Crippen molar-refractivity contribution in [1.29, 1.82) is 0 Å². The highest BCUT2D eigenvalue weighted by Crippen LogP contribution is 2.40. The molecule has 2 nitrogen and oxygen atoms in total. The summed E-state index contributed by atoms with van der Waals surface area (Å²) in [7, 11) is 0. The second kappa shape index (κ2) is 5.34. The molecule has 1 N–H and O–H groups in total. The minimum Gasteiger partial charge on any atom is -0.389 e. The van der Waals surface area contributed by atoms with Crippen LogP contribution >= 0.6 is 11.6 Å². The smallest absolute Gasteiger partial charge is 0.0776 e. The summed E-state index contributed by atoms with van der Waals surface area (Å²) in [5, 5.41) is 10.3. The van der Waals surface area contributed by atoms with E-state index in [2.05, 4.69) is 11.0 Å². The van der Waals surface area contributed by atoms with E-state index in [1.165, 1.54) is 37.8 Å². The Balaban J connectivity index is 1.87. The van der Waals surface area contributed by atoms with Gasteiger partial charge in [0.1, 0.15) is 0 Å². The molecule has 3 unspecified atom stereocenters. The highest BCUT2D eigenvalue weighted by Gasteiger charge is 2.35. The van der Waals surface area contributed by atoms with Crippen LogP contribution in [0.15, 0.2) is 18.2 Å². The monoisotopic (exact) mass is 279 g/mol. The van der Waals surface area contributed by atoms with Gasteiger partial charge in [-0.15, -0.1) is 0 Å². The summed E-state index contributed by atoms with van der Waals surface area (Å²) >= 11 is 6.30. The predicted molar refractivity (Wildman–Crippen MR) is 79.8 cm³/mol. The summed E-state index contributed by atoms with van der Waals surface area (Å²) in [4.78, 5) is 2.54. The first kappa shape index (κ1) is 13.3. The third-order valence-electron chi connectivity index (χ3n) is 4.76. The zero-order chi connectivity index (χ0) is 13.4. The molecular weight excluding hydrogens is 258 g/mol.